The van der Waals surface area contributed by atoms with E-state index >= 15 is 0 Å². The fraction of sp³-hybridized carbons (Fsp3) is 1.00. The zero-order valence-electron chi connectivity index (χ0n) is 9.68. The van der Waals surface area contributed by atoms with Gasteiger partial charge in [0, 0.05) is 5.25 Å². The van der Waals surface area contributed by atoms with Gasteiger partial charge in [-0.3, -0.25) is 0 Å². The first-order valence-corrected chi connectivity index (χ1v) is 6.99. The van der Waals surface area contributed by atoms with E-state index in [1.807, 2.05) is 0 Å². The Morgan fingerprint density at radius 2 is 2.21 bits per heavy atom. The van der Waals surface area contributed by atoms with Crippen LogP contribution in [0.3, 0.4) is 0 Å². The summed E-state index contributed by atoms with van der Waals surface area (Å²) in [5.74, 6) is 3.22. The molecule has 1 N–H and O–H groups in total. The third-order valence-corrected chi connectivity index (χ3v) is 5.13. The first-order chi connectivity index (χ1) is 6.62. The van der Waals surface area contributed by atoms with Gasteiger partial charge in [-0.1, -0.05) is 20.8 Å². The van der Waals surface area contributed by atoms with Crippen LogP contribution in [-0.2, 0) is 0 Å². The van der Waals surface area contributed by atoms with Gasteiger partial charge in [0.15, 0.2) is 0 Å². The van der Waals surface area contributed by atoms with Crippen molar-refractivity contribution < 1.29 is 0 Å². The van der Waals surface area contributed by atoms with Gasteiger partial charge in [-0.2, -0.15) is 11.8 Å². The molecule has 1 spiro atoms. The maximum Gasteiger partial charge on any atom is 0.00246 e. The standard InChI is InChI=1S/C12H23NS/c1-9(2)6-13-7-11-5-12(11)4-10(3)14-8-12/h9-11,13H,4-8H2,1-3H3. The van der Waals surface area contributed by atoms with Crippen LogP contribution in [0.5, 0.6) is 0 Å². The Hall–Kier alpha value is 0.310. The number of hydrogen-bond acceptors (Lipinski definition) is 2. The molecule has 0 amide bonds. The molecule has 3 unspecified atom stereocenters. The molecule has 0 radical (unpaired) electrons. The van der Waals surface area contributed by atoms with Crippen molar-refractivity contribution in [2.75, 3.05) is 18.8 Å². The fourth-order valence-electron chi connectivity index (χ4n) is 2.69. The van der Waals surface area contributed by atoms with E-state index in [0.717, 1.165) is 22.5 Å². The zero-order chi connectivity index (χ0) is 10.2. The van der Waals surface area contributed by atoms with Crippen LogP contribution in [0.15, 0.2) is 0 Å². The smallest absolute Gasteiger partial charge is 0.00246 e. The second-order valence-corrected chi connectivity index (χ2v) is 7.07. The van der Waals surface area contributed by atoms with Gasteiger partial charge in [-0.05, 0) is 48.9 Å². The van der Waals surface area contributed by atoms with Crippen molar-refractivity contribution in [3.8, 4) is 0 Å². The van der Waals surface area contributed by atoms with Crippen LogP contribution in [0.2, 0.25) is 0 Å². The van der Waals surface area contributed by atoms with Crippen molar-refractivity contribution in [1.29, 1.82) is 0 Å². The van der Waals surface area contributed by atoms with Crippen LogP contribution < -0.4 is 5.32 Å². The van der Waals surface area contributed by atoms with Crippen molar-refractivity contribution in [3.63, 3.8) is 0 Å². The maximum absolute atomic E-state index is 3.60. The molecule has 1 saturated carbocycles. The molecule has 2 aliphatic rings. The minimum Gasteiger partial charge on any atom is -0.316 e. The number of thioether (sulfide) groups is 1. The monoisotopic (exact) mass is 213 g/mol. The molecule has 1 nitrogen and oxygen atoms in total. The Kier molecular flexibility index (Phi) is 3.13. The average Bonchev–Trinajstić information content (AvgIpc) is 2.60. The molecule has 1 heterocycles. The summed E-state index contributed by atoms with van der Waals surface area (Å²) in [4.78, 5) is 0. The topological polar surface area (TPSA) is 12.0 Å². The molecule has 1 aliphatic carbocycles. The summed E-state index contributed by atoms with van der Waals surface area (Å²) in [5, 5.41) is 4.52. The molecule has 0 bridgehead atoms. The SMILES string of the molecule is CC(C)CNCC1CC12CSC(C)C2. The van der Waals surface area contributed by atoms with Gasteiger partial charge in [0.05, 0.1) is 0 Å². The van der Waals surface area contributed by atoms with Gasteiger partial charge in [-0.25, -0.2) is 0 Å². The van der Waals surface area contributed by atoms with Crippen molar-refractivity contribution in [3.05, 3.63) is 0 Å². The quantitative estimate of drug-likeness (QED) is 0.770. The van der Waals surface area contributed by atoms with Crippen LogP contribution in [-0.4, -0.2) is 24.1 Å². The lowest BCUT2D eigenvalue weighted by Gasteiger charge is -2.10. The molecule has 2 heteroatoms. The fourth-order valence-corrected chi connectivity index (χ4v) is 4.23. The van der Waals surface area contributed by atoms with Gasteiger partial charge >= 0.3 is 0 Å². The van der Waals surface area contributed by atoms with Crippen LogP contribution in [0.25, 0.3) is 0 Å². The minimum atomic E-state index is 0.772. The van der Waals surface area contributed by atoms with Gasteiger partial charge in [0.1, 0.15) is 0 Å². The molecular weight excluding hydrogens is 190 g/mol. The molecule has 14 heavy (non-hydrogen) atoms. The van der Waals surface area contributed by atoms with E-state index in [4.69, 9.17) is 0 Å². The Labute approximate surface area is 92.4 Å². The van der Waals surface area contributed by atoms with Crippen molar-refractivity contribution >= 4 is 11.8 Å². The van der Waals surface area contributed by atoms with Crippen LogP contribution in [0.4, 0.5) is 0 Å². The predicted octanol–water partition coefficient (Wildman–Crippen LogP) is 2.76. The number of nitrogens with one attached hydrogen (secondary N) is 1. The zero-order valence-corrected chi connectivity index (χ0v) is 10.5. The average molecular weight is 213 g/mol. The summed E-state index contributed by atoms with van der Waals surface area (Å²) < 4.78 is 0. The van der Waals surface area contributed by atoms with E-state index < -0.39 is 0 Å². The van der Waals surface area contributed by atoms with Gasteiger partial charge in [0.2, 0.25) is 0 Å². The summed E-state index contributed by atoms with van der Waals surface area (Å²) in [6.07, 6.45) is 2.97. The third kappa shape index (κ3) is 2.27. The molecule has 0 aromatic rings. The largest absolute Gasteiger partial charge is 0.316 e. The lowest BCUT2D eigenvalue weighted by atomic mass is 10.0. The summed E-state index contributed by atoms with van der Waals surface area (Å²) >= 11 is 2.18. The molecule has 1 aliphatic heterocycles. The Morgan fingerprint density at radius 1 is 1.43 bits per heavy atom. The highest BCUT2D eigenvalue weighted by atomic mass is 32.2. The van der Waals surface area contributed by atoms with Gasteiger partial charge < -0.3 is 5.32 Å². The van der Waals surface area contributed by atoms with Crippen molar-refractivity contribution in [1.82, 2.24) is 5.32 Å². The molecule has 3 atom stereocenters. The van der Waals surface area contributed by atoms with Crippen LogP contribution >= 0.6 is 11.8 Å². The molecule has 82 valence electrons. The third-order valence-electron chi connectivity index (χ3n) is 3.65. The predicted molar refractivity (Wildman–Crippen MR) is 64.8 cm³/mol. The van der Waals surface area contributed by atoms with E-state index in [1.165, 1.54) is 31.7 Å². The Balaban J connectivity index is 1.66. The van der Waals surface area contributed by atoms with Crippen molar-refractivity contribution in [2.45, 2.75) is 38.9 Å². The summed E-state index contributed by atoms with van der Waals surface area (Å²) in [7, 11) is 0. The first-order valence-electron chi connectivity index (χ1n) is 5.95. The van der Waals surface area contributed by atoms with E-state index in [9.17, 15) is 0 Å². The minimum absolute atomic E-state index is 0.772. The van der Waals surface area contributed by atoms with E-state index in [-0.39, 0.29) is 0 Å². The van der Waals surface area contributed by atoms with Crippen molar-refractivity contribution in [2.24, 2.45) is 17.3 Å². The summed E-state index contributed by atoms with van der Waals surface area (Å²) in [6, 6.07) is 0. The summed E-state index contributed by atoms with van der Waals surface area (Å²) in [5.41, 5.74) is 0.772. The molecule has 0 aromatic carbocycles. The Morgan fingerprint density at radius 3 is 2.79 bits per heavy atom. The van der Waals surface area contributed by atoms with Gasteiger partial charge in [-0.15, -0.1) is 0 Å². The first kappa shape index (κ1) is 10.8. The lowest BCUT2D eigenvalue weighted by Crippen LogP contribution is -2.24. The molecule has 1 saturated heterocycles. The van der Waals surface area contributed by atoms with Crippen LogP contribution in [0.1, 0.15) is 33.6 Å². The highest BCUT2D eigenvalue weighted by Gasteiger charge is 2.56. The highest BCUT2D eigenvalue weighted by molar-refractivity contribution is 8.00. The number of hydrogen-bond donors (Lipinski definition) is 1. The molecule has 2 fully saturated rings. The lowest BCUT2D eigenvalue weighted by molar-refractivity contribution is 0.456. The summed E-state index contributed by atoms with van der Waals surface area (Å²) in [6.45, 7) is 9.41. The van der Waals surface area contributed by atoms with E-state index in [2.05, 4.69) is 37.8 Å². The highest BCUT2D eigenvalue weighted by Crippen LogP contribution is 2.62. The van der Waals surface area contributed by atoms with E-state index in [0.29, 0.717) is 0 Å². The Bertz CT molecular complexity index is 204. The number of rotatable bonds is 4. The van der Waals surface area contributed by atoms with Crippen LogP contribution in [0, 0.1) is 17.3 Å². The molecular formula is C12H23NS. The maximum atomic E-state index is 3.60. The second kappa shape index (κ2) is 4.05. The van der Waals surface area contributed by atoms with E-state index in [1.54, 1.807) is 0 Å². The second-order valence-electron chi connectivity index (χ2n) is 5.64. The van der Waals surface area contributed by atoms with Gasteiger partial charge in [0.25, 0.3) is 0 Å². The molecule has 0 aromatic heterocycles. The normalized spacial score (nSPS) is 41.1. The molecule has 2 rings (SSSR count).